The molecule has 1 fully saturated rings. The lowest BCUT2D eigenvalue weighted by molar-refractivity contribution is -0.230. The highest BCUT2D eigenvalue weighted by Crippen LogP contribution is 2.00. The van der Waals surface area contributed by atoms with E-state index in [4.69, 9.17) is 4.84 Å². The van der Waals surface area contributed by atoms with Crippen LogP contribution in [0.3, 0.4) is 0 Å². The van der Waals surface area contributed by atoms with Crippen LogP contribution in [0.5, 0.6) is 0 Å². The molecule has 5 heteroatoms. The lowest BCUT2D eigenvalue weighted by Gasteiger charge is -2.30. The van der Waals surface area contributed by atoms with E-state index < -0.39 is 0 Å². The molecule has 1 N–H and O–H groups in total. The quantitative estimate of drug-likeness (QED) is 0.626. The van der Waals surface area contributed by atoms with Gasteiger partial charge >= 0.3 is 0 Å². The maximum absolute atomic E-state index is 5.11. The average Bonchev–Trinajstić information content (AvgIpc) is 2.35. The minimum atomic E-state index is 0.942. The molecule has 1 heterocycles. The van der Waals surface area contributed by atoms with Gasteiger partial charge < -0.3 is 10.2 Å². The second kappa shape index (κ2) is 7.62. The number of hydroxylamine groups is 1. The zero-order chi connectivity index (χ0) is 11.8. The van der Waals surface area contributed by atoms with E-state index in [1.54, 1.807) is 18.5 Å². The monoisotopic (exact) mass is 228 g/mol. The highest BCUT2D eigenvalue weighted by molar-refractivity contribution is 4.70. The number of nitrogens with one attached hydrogen (secondary N) is 1. The summed E-state index contributed by atoms with van der Waals surface area (Å²) in [6, 6.07) is 0. The van der Waals surface area contributed by atoms with Gasteiger partial charge in [0.25, 0.3) is 0 Å². The van der Waals surface area contributed by atoms with E-state index in [1.165, 1.54) is 0 Å². The van der Waals surface area contributed by atoms with Crippen molar-refractivity contribution >= 4 is 0 Å². The van der Waals surface area contributed by atoms with Crippen molar-refractivity contribution in [2.45, 2.75) is 6.42 Å². The van der Waals surface area contributed by atoms with Crippen LogP contribution in [0.1, 0.15) is 6.42 Å². The zero-order valence-corrected chi connectivity index (χ0v) is 10.5. The normalized spacial score (nSPS) is 17.7. The molecule has 0 radical (unpaired) electrons. The maximum atomic E-state index is 5.11. The minimum Gasteiger partial charge on any atom is -0.314 e. The summed E-state index contributed by atoms with van der Waals surface area (Å²) < 4.78 is 0. The molecule has 0 unspecified atom stereocenters. The molecule has 1 saturated heterocycles. The van der Waals surface area contributed by atoms with E-state index in [9.17, 15) is 0 Å². The Hall–Kier alpha value is -0.620. The predicted octanol–water partition coefficient (Wildman–Crippen LogP) is 0.135. The summed E-state index contributed by atoms with van der Waals surface area (Å²) in [4.78, 5) is 7.60. The molecule has 0 aromatic rings. The van der Waals surface area contributed by atoms with Crippen molar-refractivity contribution in [1.82, 2.24) is 20.4 Å². The summed E-state index contributed by atoms with van der Waals surface area (Å²) in [5.74, 6) is 0. The molecule has 0 aromatic carbocycles. The highest BCUT2D eigenvalue weighted by atomic mass is 16.7. The molecule has 0 amide bonds. The van der Waals surface area contributed by atoms with E-state index in [-0.39, 0.29) is 0 Å². The van der Waals surface area contributed by atoms with Gasteiger partial charge in [0.05, 0.1) is 7.11 Å². The Balaban J connectivity index is 2.14. The molecule has 5 nitrogen and oxygen atoms in total. The molecule has 1 aliphatic heterocycles. The third-order valence-corrected chi connectivity index (χ3v) is 2.91. The summed E-state index contributed by atoms with van der Waals surface area (Å²) >= 11 is 0. The molecule has 0 aromatic heterocycles. The number of hydrazine groups is 1. The first kappa shape index (κ1) is 13.4. The first-order valence-electron chi connectivity index (χ1n) is 5.88. The molecule has 16 heavy (non-hydrogen) atoms. The summed E-state index contributed by atoms with van der Waals surface area (Å²) in [5, 5.41) is 7.03. The average molecular weight is 228 g/mol. The van der Waals surface area contributed by atoms with Crippen LogP contribution < -0.4 is 5.32 Å². The van der Waals surface area contributed by atoms with Crippen LogP contribution in [0.15, 0.2) is 12.8 Å². The van der Waals surface area contributed by atoms with Gasteiger partial charge in [-0.2, -0.15) is 0 Å². The van der Waals surface area contributed by atoms with Crippen LogP contribution in [0.4, 0.5) is 0 Å². The van der Waals surface area contributed by atoms with E-state index in [1.807, 2.05) is 12.1 Å². The number of hydrogen-bond donors (Lipinski definition) is 1. The number of nitrogens with zero attached hydrogens (tertiary/aromatic N) is 3. The van der Waals surface area contributed by atoms with Gasteiger partial charge in [0, 0.05) is 46.0 Å². The van der Waals surface area contributed by atoms with Crippen LogP contribution >= 0.6 is 0 Å². The molecule has 0 spiro atoms. The molecular weight excluding hydrogens is 204 g/mol. The van der Waals surface area contributed by atoms with Crippen molar-refractivity contribution in [3.63, 3.8) is 0 Å². The first-order valence-corrected chi connectivity index (χ1v) is 5.88. The van der Waals surface area contributed by atoms with Crippen LogP contribution in [0.25, 0.3) is 0 Å². The van der Waals surface area contributed by atoms with Gasteiger partial charge in [-0.3, -0.25) is 9.85 Å². The molecule has 1 rings (SSSR count). The molecule has 1 aliphatic rings. The van der Waals surface area contributed by atoms with E-state index in [2.05, 4.69) is 16.8 Å². The summed E-state index contributed by atoms with van der Waals surface area (Å²) in [6.45, 7) is 10.4. The van der Waals surface area contributed by atoms with Crippen molar-refractivity contribution in [2.75, 3.05) is 53.4 Å². The molecule has 0 atom stereocenters. The Labute approximate surface area is 98.6 Å². The van der Waals surface area contributed by atoms with Crippen molar-refractivity contribution < 1.29 is 4.84 Å². The fraction of sp³-hybridized carbons (Fsp3) is 0.818. The summed E-state index contributed by atoms with van der Waals surface area (Å²) in [5.41, 5.74) is 0. The van der Waals surface area contributed by atoms with Crippen molar-refractivity contribution in [3.8, 4) is 0 Å². The molecule has 0 saturated carbocycles. The van der Waals surface area contributed by atoms with Crippen LogP contribution in [0.2, 0.25) is 0 Å². The molecule has 0 bridgehead atoms. The summed E-state index contributed by atoms with van der Waals surface area (Å²) in [6.07, 6.45) is 2.92. The van der Waals surface area contributed by atoms with Crippen LogP contribution in [-0.2, 0) is 4.84 Å². The molecule has 94 valence electrons. The van der Waals surface area contributed by atoms with Gasteiger partial charge in [-0.1, -0.05) is 6.58 Å². The number of hydrogen-bond acceptors (Lipinski definition) is 5. The lowest BCUT2D eigenvalue weighted by atomic mass is 10.3. The van der Waals surface area contributed by atoms with E-state index >= 15 is 0 Å². The van der Waals surface area contributed by atoms with Crippen molar-refractivity contribution in [2.24, 2.45) is 0 Å². The second-order valence-corrected chi connectivity index (χ2v) is 3.94. The number of piperazine rings is 1. The minimum absolute atomic E-state index is 0.942. The molecular formula is C11H24N4O. The van der Waals surface area contributed by atoms with Gasteiger partial charge in [0.1, 0.15) is 0 Å². The SMILES string of the molecule is C=CN(CCCN1CCNCC1)N(C)OC. The Bertz CT molecular complexity index is 194. The van der Waals surface area contributed by atoms with E-state index in [0.717, 1.165) is 45.7 Å². The lowest BCUT2D eigenvalue weighted by Crippen LogP contribution is -2.44. The fourth-order valence-corrected chi connectivity index (χ4v) is 1.84. The third kappa shape index (κ3) is 4.49. The zero-order valence-electron chi connectivity index (χ0n) is 10.5. The highest BCUT2D eigenvalue weighted by Gasteiger charge is 2.10. The van der Waals surface area contributed by atoms with Gasteiger partial charge in [0.15, 0.2) is 0 Å². The second-order valence-electron chi connectivity index (χ2n) is 3.94. The van der Waals surface area contributed by atoms with Crippen molar-refractivity contribution in [3.05, 3.63) is 12.8 Å². The topological polar surface area (TPSA) is 31.0 Å². The third-order valence-electron chi connectivity index (χ3n) is 2.91. The van der Waals surface area contributed by atoms with Crippen molar-refractivity contribution in [1.29, 1.82) is 0 Å². The predicted molar refractivity (Wildman–Crippen MR) is 65.6 cm³/mol. The number of rotatable bonds is 7. The Morgan fingerprint density at radius 2 is 2.12 bits per heavy atom. The Kier molecular flexibility index (Phi) is 6.40. The largest absolute Gasteiger partial charge is 0.314 e. The van der Waals surface area contributed by atoms with Gasteiger partial charge in [-0.05, 0) is 13.0 Å². The van der Waals surface area contributed by atoms with E-state index in [0.29, 0.717) is 0 Å². The van der Waals surface area contributed by atoms with Gasteiger partial charge in [0.2, 0.25) is 0 Å². The first-order chi connectivity index (χ1) is 7.77. The maximum Gasteiger partial charge on any atom is 0.0596 e. The standard InChI is InChI=1S/C11H24N4O/c1-4-15(13(2)16-3)9-5-8-14-10-6-12-7-11-14/h4,12H,1,5-11H2,2-3H3. The smallest absolute Gasteiger partial charge is 0.0596 e. The Morgan fingerprint density at radius 3 is 2.69 bits per heavy atom. The fourth-order valence-electron chi connectivity index (χ4n) is 1.84. The molecule has 0 aliphatic carbocycles. The van der Waals surface area contributed by atoms with Crippen LogP contribution in [0, 0.1) is 0 Å². The van der Waals surface area contributed by atoms with Gasteiger partial charge in [-0.25, -0.2) is 0 Å². The van der Waals surface area contributed by atoms with Gasteiger partial charge in [-0.15, -0.1) is 5.17 Å². The summed E-state index contributed by atoms with van der Waals surface area (Å²) in [7, 11) is 3.54. The Morgan fingerprint density at radius 1 is 1.44 bits per heavy atom. The van der Waals surface area contributed by atoms with Crippen LogP contribution in [-0.4, -0.2) is 68.5 Å².